The smallest absolute Gasteiger partial charge is 0.312 e. The van der Waals surface area contributed by atoms with E-state index in [1.54, 1.807) is 0 Å². The lowest BCUT2D eigenvalue weighted by Gasteiger charge is -2.27. The molecule has 0 aliphatic carbocycles. The second-order valence-corrected chi connectivity index (χ2v) is 10.1. The maximum atomic E-state index is 14.2. The van der Waals surface area contributed by atoms with Crippen molar-refractivity contribution in [1.82, 2.24) is 0 Å². The molecular weight excluding hydrogens is 585 g/mol. The molecule has 0 atom stereocenters. The van der Waals surface area contributed by atoms with Crippen LogP contribution in [0.5, 0.6) is 0 Å². The van der Waals surface area contributed by atoms with Gasteiger partial charge in [-0.15, -0.1) is 0 Å². The number of halogens is 9. The van der Waals surface area contributed by atoms with Gasteiger partial charge in [0.2, 0.25) is 5.91 Å². The number of piperidine rings is 1. The molecule has 43 heavy (non-hydrogen) atoms. The second kappa shape index (κ2) is 11.1. The molecule has 0 N–H and O–H groups in total. The van der Waals surface area contributed by atoms with Crippen LogP contribution in [0, 0.1) is 0 Å². The molecule has 0 bridgehead atoms. The summed E-state index contributed by atoms with van der Waals surface area (Å²) in [5.74, 6) is -0.145. The molecule has 5 rings (SSSR count). The molecule has 0 aromatic heterocycles. The summed E-state index contributed by atoms with van der Waals surface area (Å²) >= 11 is 0. The largest absolute Gasteiger partial charge is 0.417 e. The number of carbonyl (C=O) groups excluding carboxylic acids is 1. The number of nitrogens with zero attached hydrogens (tertiary/aromatic N) is 1. The highest BCUT2D eigenvalue weighted by Crippen LogP contribution is 2.49. The number of hydrogen-bond donors (Lipinski definition) is 0. The molecular formula is C32H22F9NO. The van der Waals surface area contributed by atoms with Crippen molar-refractivity contribution >= 4 is 11.6 Å². The van der Waals surface area contributed by atoms with Crippen LogP contribution < -0.4 is 4.90 Å². The van der Waals surface area contributed by atoms with Crippen LogP contribution in [0.2, 0.25) is 0 Å². The maximum absolute atomic E-state index is 14.2. The lowest BCUT2D eigenvalue weighted by molar-refractivity contribution is -0.137. The zero-order chi connectivity index (χ0) is 31.2. The van der Waals surface area contributed by atoms with E-state index in [1.165, 1.54) is 41.3 Å². The van der Waals surface area contributed by atoms with Gasteiger partial charge in [-0.2, -0.15) is 39.5 Å². The molecule has 11 heteroatoms. The Morgan fingerprint density at radius 2 is 1.05 bits per heavy atom. The highest BCUT2D eigenvalue weighted by molar-refractivity contribution is 5.98. The highest BCUT2D eigenvalue weighted by Gasteiger charge is 2.39. The van der Waals surface area contributed by atoms with Gasteiger partial charge in [0.1, 0.15) is 0 Å². The van der Waals surface area contributed by atoms with Gasteiger partial charge in [0, 0.05) is 18.7 Å². The lowest BCUT2D eigenvalue weighted by Crippen LogP contribution is -2.35. The number of amides is 1. The fourth-order valence-corrected chi connectivity index (χ4v) is 5.36. The molecule has 0 spiro atoms. The molecule has 224 valence electrons. The standard InChI is InChI=1S/C32H22F9NO/c33-30(34,35)20-17-24(22-7-1-3-9-26(22)31(36,37)38)29(25(18-20)23-8-2-4-10-27(23)32(39,40)41)19-12-14-21(15-13-19)42-16-6-5-11-28(42)43/h1-4,7-10,12-15,17-18H,5-6,11,16H2. The quantitative estimate of drug-likeness (QED) is 0.212. The Kier molecular flexibility index (Phi) is 7.79. The normalized spacial score (nSPS) is 14.7. The first-order valence-electron chi connectivity index (χ1n) is 13.2. The van der Waals surface area contributed by atoms with Crippen LogP contribution in [0.1, 0.15) is 36.0 Å². The Labute approximate surface area is 240 Å². The molecule has 1 heterocycles. The molecule has 1 aliphatic rings. The minimum absolute atomic E-state index is 0.0703. The van der Waals surface area contributed by atoms with E-state index >= 15 is 0 Å². The first-order chi connectivity index (χ1) is 20.2. The predicted molar refractivity (Wildman–Crippen MR) is 144 cm³/mol. The summed E-state index contributed by atoms with van der Waals surface area (Å²) in [6.07, 6.45) is -13.3. The Bertz CT molecular complexity index is 1570. The van der Waals surface area contributed by atoms with Crippen LogP contribution >= 0.6 is 0 Å². The Morgan fingerprint density at radius 1 is 0.558 bits per heavy atom. The molecule has 4 aromatic rings. The number of carbonyl (C=O) groups is 1. The number of rotatable bonds is 4. The average Bonchev–Trinajstić information content (AvgIpc) is 2.95. The van der Waals surface area contributed by atoms with Crippen molar-refractivity contribution in [2.45, 2.75) is 37.8 Å². The first-order valence-corrected chi connectivity index (χ1v) is 13.2. The first kappa shape index (κ1) is 30.2. The van der Waals surface area contributed by atoms with Gasteiger partial charge in [0.05, 0.1) is 16.7 Å². The van der Waals surface area contributed by atoms with Crippen LogP contribution in [0.25, 0.3) is 33.4 Å². The van der Waals surface area contributed by atoms with E-state index in [0.29, 0.717) is 49.3 Å². The minimum Gasteiger partial charge on any atom is -0.312 e. The van der Waals surface area contributed by atoms with Gasteiger partial charge >= 0.3 is 18.5 Å². The third-order valence-electron chi connectivity index (χ3n) is 7.30. The van der Waals surface area contributed by atoms with Gasteiger partial charge in [-0.05, 0) is 82.6 Å². The SMILES string of the molecule is O=C1CCCCN1c1ccc(-c2c(-c3ccccc3C(F)(F)F)cc(C(F)(F)F)cc2-c2ccccc2C(F)(F)F)cc1. The lowest BCUT2D eigenvalue weighted by atomic mass is 9.83. The van der Waals surface area contributed by atoms with E-state index in [2.05, 4.69) is 0 Å². The zero-order valence-electron chi connectivity index (χ0n) is 22.2. The number of benzene rings is 4. The summed E-state index contributed by atoms with van der Waals surface area (Å²) in [6.45, 7) is 0.423. The van der Waals surface area contributed by atoms with E-state index < -0.39 is 57.5 Å². The van der Waals surface area contributed by atoms with E-state index in [1.807, 2.05) is 0 Å². The topological polar surface area (TPSA) is 20.3 Å². The van der Waals surface area contributed by atoms with Crippen LogP contribution in [-0.4, -0.2) is 12.5 Å². The van der Waals surface area contributed by atoms with Crippen molar-refractivity contribution < 1.29 is 44.3 Å². The van der Waals surface area contributed by atoms with Gasteiger partial charge in [0.25, 0.3) is 0 Å². The zero-order valence-corrected chi connectivity index (χ0v) is 22.2. The van der Waals surface area contributed by atoms with Gasteiger partial charge < -0.3 is 4.90 Å². The summed E-state index contributed by atoms with van der Waals surface area (Å²) in [5.41, 5.74) is -5.98. The molecule has 1 fully saturated rings. The van der Waals surface area contributed by atoms with Crippen molar-refractivity contribution in [1.29, 1.82) is 0 Å². The van der Waals surface area contributed by atoms with Gasteiger partial charge in [-0.3, -0.25) is 4.79 Å². The van der Waals surface area contributed by atoms with Crippen molar-refractivity contribution in [3.05, 3.63) is 102 Å². The molecule has 0 unspecified atom stereocenters. The second-order valence-electron chi connectivity index (χ2n) is 10.1. The van der Waals surface area contributed by atoms with Crippen molar-refractivity contribution in [3.63, 3.8) is 0 Å². The van der Waals surface area contributed by atoms with Crippen molar-refractivity contribution in [2.75, 3.05) is 11.4 Å². The van der Waals surface area contributed by atoms with Crippen LogP contribution in [0.4, 0.5) is 45.2 Å². The fraction of sp³-hybridized carbons (Fsp3) is 0.219. The molecule has 4 aromatic carbocycles. The molecule has 2 nitrogen and oxygen atoms in total. The molecule has 1 amide bonds. The van der Waals surface area contributed by atoms with E-state index in [9.17, 15) is 44.3 Å². The number of alkyl halides is 9. The highest BCUT2D eigenvalue weighted by atomic mass is 19.4. The summed E-state index contributed by atoms with van der Waals surface area (Å²) in [4.78, 5) is 13.9. The van der Waals surface area contributed by atoms with Gasteiger partial charge in [0.15, 0.2) is 0 Å². The van der Waals surface area contributed by atoms with Crippen LogP contribution in [0.15, 0.2) is 84.9 Å². The molecule has 0 radical (unpaired) electrons. The number of hydrogen-bond acceptors (Lipinski definition) is 1. The summed E-state index contributed by atoms with van der Waals surface area (Å²) in [5, 5.41) is 0. The summed E-state index contributed by atoms with van der Waals surface area (Å²) < 4.78 is 127. The van der Waals surface area contributed by atoms with Crippen LogP contribution in [-0.2, 0) is 23.3 Å². The Hall–Kier alpha value is -4.28. The van der Waals surface area contributed by atoms with E-state index in [-0.39, 0.29) is 17.0 Å². The maximum Gasteiger partial charge on any atom is 0.417 e. The van der Waals surface area contributed by atoms with Crippen molar-refractivity contribution in [2.24, 2.45) is 0 Å². The van der Waals surface area contributed by atoms with Gasteiger partial charge in [-0.1, -0.05) is 48.5 Å². The Balaban J connectivity index is 1.87. The molecule has 1 saturated heterocycles. The third-order valence-corrected chi connectivity index (χ3v) is 7.30. The minimum atomic E-state index is -5.10. The summed E-state index contributed by atoms with van der Waals surface area (Å²) in [6, 6.07) is 14.7. The number of anilines is 1. The third kappa shape index (κ3) is 6.11. The Morgan fingerprint density at radius 3 is 1.49 bits per heavy atom. The predicted octanol–water partition coefficient (Wildman–Crippen LogP) is 10.3. The van der Waals surface area contributed by atoms with Crippen molar-refractivity contribution in [3.8, 4) is 33.4 Å². The monoisotopic (exact) mass is 607 g/mol. The van der Waals surface area contributed by atoms with Gasteiger partial charge in [-0.25, -0.2) is 0 Å². The average molecular weight is 608 g/mol. The van der Waals surface area contributed by atoms with E-state index in [0.717, 1.165) is 30.7 Å². The van der Waals surface area contributed by atoms with Crippen LogP contribution in [0.3, 0.4) is 0 Å². The molecule has 0 saturated carbocycles. The fourth-order valence-electron chi connectivity index (χ4n) is 5.36. The molecule has 1 aliphatic heterocycles. The summed E-state index contributed by atoms with van der Waals surface area (Å²) in [7, 11) is 0. The van der Waals surface area contributed by atoms with E-state index in [4.69, 9.17) is 0 Å².